The first-order valence-corrected chi connectivity index (χ1v) is 10.5. The number of ether oxygens (including phenoxy) is 1. The van der Waals surface area contributed by atoms with Crippen molar-refractivity contribution < 1.29 is 22.3 Å². The lowest BCUT2D eigenvalue weighted by atomic mass is 10.1. The minimum atomic E-state index is -3.98. The van der Waals surface area contributed by atoms with Crippen LogP contribution in [-0.2, 0) is 10.0 Å². The summed E-state index contributed by atoms with van der Waals surface area (Å²) in [5.74, 6) is -0.591. The third-order valence-electron chi connectivity index (χ3n) is 4.31. The summed E-state index contributed by atoms with van der Waals surface area (Å²) in [6.45, 7) is 3.80. The number of sulfonamides is 1. The molecule has 6 nitrogen and oxygen atoms in total. The second-order valence-corrected chi connectivity index (χ2v) is 8.49. The molecule has 0 bridgehead atoms. The molecule has 0 aliphatic rings. The summed E-state index contributed by atoms with van der Waals surface area (Å²) in [5.41, 5.74) is 2.94. The first-order valence-electron chi connectivity index (χ1n) is 9.04. The van der Waals surface area contributed by atoms with Crippen LogP contribution in [0.3, 0.4) is 0 Å². The van der Waals surface area contributed by atoms with Gasteiger partial charge in [-0.3, -0.25) is 9.52 Å². The highest BCUT2D eigenvalue weighted by Gasteiger charge is 2.18. The van der Waals surface area contributed by atoms with Crippen molar-refractivity contribution in [2.75, 3.05) is 17.1 Å². The minimum Gasteiger partial charge on any atom is -0.495 e. The van der Waals surface area contributed by atoms with Gasteiger partial charge in [0.05, 0.1) is 17.7 Å². The average Bonchev–Trinajstić information content (AvgIpc) is 2.67. The number of benzene rings is 3. The Hall–Kier alpha value is -3.39. The van der Waals surface area contributed by atoms with E-state index in [1.807, 2.05) is 19.9 Å². The number of hydrogen-bond acceptors (Lipinski definition) is 4. The Kier molecular flexibility index (Phi) is 6.07. The third kappa shape index (κ3) is 4.96. The highest BCUT2D eigenvalue weighted by Crippen LogP contribution is 2.30. The van der Waals surface area contributed by atoms with E-state index in [-0.39, 0.29) is 22.2 Å². The van der Waals surface area contributed by atoms with Gasteiger partial charge < -0.3 is 10.1 Å². The van der Waals surface area contributed by atoms with E-state index >= 15 is 0 Å². The number of methoxy groups -OCH3 is 1. The van der Waals surface area contributed by atoms with E-state index in [0.717, 1.165) is 35.4 Å². The van der Waals surface area contributed by atoms with Gasteiger partial charge in [0.25, 0.3) is 15.9 Å². The first-order chi connectivity index (χ1) is 14.2. The molecule has 30 heavy (non-hydrogen) atoms. The largest absolute Gasteiger partial charge is 0.495 e. The number of carbonyl (C=O) groups is 1. The fourth-order valence-electron chi connectivity index (χ4n) is 2.99. The number of carbonyl (C=O) groups excluding carboxylic acids is 1. The van der Waals surface area contributed by atoms with Gasteiger partial charge in [0.1, 0.15) is 11.6 Å². The van der Waals surface area contributed by atoms with E-state index in [0.29, 0.717) is 11.3 Å². The van der Waals surface area contributed by atoms with Crippen molar-refractivity contribution in [1.82, 2.24) is 0 Å². The number of nitrogens with one attached hydrogen (secondary N) is 2. The normalized spacial score (nSPS) is 11.1. The fourth-order valence-corrected chi connectivity index (χ4v) is 4.05. The number of halogens is 1. The minimum absolute atomic E-state index is 0.101. The monoisotopic (exact) mass is 428 g/mol. The summed E-state index contributed by atoms with van der Waals surface area (Å²) < 4.78 is 46.0. The maximum atomic E-state index is 13.1. The highest BCUT2D eigenvalue weighted by molar-refractivity contribution is 7.92. The lowest BCUT2D eigenvalue weighted by molar-refractivity contribution is 0.102. The molecule has 0 fully saturated rings. The number of amides is 1. The van der Waals surface area contributed by atoms with Gasteiger partial charge in [-0.15, -0.1) is 0 Å². The molecule has 0 heterocycles. The predicted molar refractivity (Wildman–Crippen MR) is 114 cm³/mol. The van der Waals surface area contributed by atoms with Gasteiger partial charge in [0, 0.05) is 11.3 Å². The molecule has 3 aromatic carbocycles. The van der Waals surface area contributed by atoms with Gasteiger partial charge in [0.15, 0.2) is 0 Å². The summed E-state index contributed by atoms with van der Waals surface area (Å²) in [7, 11) is -2.58. The lowest BCUT2D eigenvalue weighted by Crippen LogP contribution is -2.15. The molecule has 0 atom stereocenters. The summed E-state index contributed by atoms with van der Waals surface area (Å²) in [4.78, 5) is 12.5. The summed E-state index contributed by atoms with van der Waals surface area (Å²) in [6.07, 6.45) is 0. The zero-order valence-corrected chi connectivity index (χ0v) is 17.5. The van der Waals surface area contributed by atoms with Crippen LogP contribution in [0.25, 0.3) is 0 Å². The standard InChI is InChI=1S/C22H21FN2O4S/c1-14-10-15(2)12-16(11-14)22(26)24-18-6-9-21(29-3)20(13-18)25-30(27,28)19-7-4-17(23)5-8-19/h4-13,25H,1-3H3,(H,24,26). The maximum absolute atomic E-state index is 13.1. The maximum Gasteiger partial charge on any atom is 0.262 e. The Morgan fingerprint density at radius 3 is 2.17 bits per heavy atom. The molecule has 1 amide bonds. The van der Waals surface area contributed by atoms with Crippen LogP contribution in [0.2, 0.25) is 0 Å². The van der Waals surface area contributed by atoms with E-state index in [1.54, 1.807) is 24.3 Å². The van der Waals surface area contributed by atoms with Crippen molar-refractivity contribution in [3.05, 3.63) is 83.2 Å². The summed E-state index contributed by atoms with van der Waals surface area (Å²) >= 11 is 0. The molecule has 0 spiro atoms. The van der Waals surface area contributed by atoms with Gasteiger partial charge in [-0.05, 0) is 68.4 Å². The molecule has 0 radical (unpaired) electrons. The summed E-state index contributed by atoms with van der Waals surface area (Å²) in [6, 6.07) is 14.6. The Labute approximate surface area is 174 Å². The van der Waals surface area contributed by atoms with Crippen LogP contribution >= 0.6 is 0 Å². The zero-order chi connectivity index (χ0) is 21.9. The van der Waals surface area contributed by atoms with Gasteiger partial charge in [-0.2, -0.15) is 0 Å². The summed E-state index contributed by atoms with van der Waals surface area (Å²) in [5, 5.41) is 2.76. The second-order valence-electron chi connectivity index (χ2n) is 6.80. The SMILES string of the molecule is COc1ccc(NC(=O)c2cc(C)cc(C)c2)cc1NS(=O)(=O)c1ccc(F)cc1. The Morgan fingerprint density at radius 2 is 1.57 bits per heavy atom. The van der Waals surface area contributed by atoms with E-state index in [1.165, 1.54) is 13.2 Å². The van der Waals surface area contributed by atoms with E-state index in [9.17, 15) is 17.6 Å². The quantitative estimate of drug-likeness (QED) is 0.605. The van der Waals surface area contributed by atoms with Crippen LogP contribution < -0.4 is 14.8 Å². The fraction of sp³-hybridized carbons (Fsp3) is 0.136. The topological polar surface area (TPSA) is 84.5 Å². The molecule has 8 heteroatoms. The highest BCUT2D eigenvalue weighted by atomic mass is 32.2. The average molecular weight is 428 g/mol. The van der Waals surface area contributed by atoms with E-state index in [4.69, 9.17) is 4.74 Å². The van der Waals surface area contributed by atoms with Gasteiger partial charge >= 0.3 is 0 Å². The van der Waals surface area contributed by atoms with Gasteiger partial charge in [0.2, 0.25) is 0 Å². The van der Waals surface area contributed by atoms with Crippen LogP contribution in [0.1, 0.15) is 21.5 Å². The molecule has 0 saturated heterocycles. The first kappa shape index (κ1) is 21.3. The van der Waals surface area contributed by atoms with Crippen LogP contribution in [0.4, 0.5) is 15.8 Å². The van der Waals surface area contributed by atoms with Crippen molar-refractivity contribution >= 4 is 27.3 Å². The third-order valence-corrected chi connectivity index (χ3v) is 5.69. The number of aryl methyl sites for hydroxylation is 2. The molecule has 0 unspecified atom stereocenters. The van der Waals surface area contributed by atoms with Crippen LogP contribution in [0.5, 0.6) is 5.75 Å². The van der Waals surface area contributed by atoms with E-state index < -0.39 is 15.8 Å². The predicted octanol–water partition coefficient (Wildman–Crippen LogP) is 4.50. The van der Waals surface area contributed by atoms with Crippen LogP contribution in [0, 0.1) is 19.7 Å². The van der Waals surface area contributed by atoms with Crippen molar-refractivity contribution in [2.45, 2.75) is 18.7 Å². The Morgan fingerprint density at radius 1 is 0.933 bits per heavy atom. The van der Waals surface area contributed by atoms with Crippen molar-refractivity contribution in [2.24, 2.45) is 0 Å². The molecule has 3 aromatic rings. The Balaban J connectivity index is 1.88. The number of hydrogen-bond donors (Lipinski definition) is 2. The number of rotatable bonds is 6. The molecular formula is C22H21FN2O4S. The molecule has 3 rings (SSSR count). The van der Waals surface area contributed by atoms with Crippen molar-refractivity contribution in [3.8, 4) is 5.75 Å². The molecule has 0 aliphatic carbocycles. The van der Waals surface area contributed by atoms with Crippen molar-refractivity contribution in [1.29, 1.82) is 0 Å². The Bertz CT molecular complexity index is 1170. The van der Waals surface area contributed by atoms with Crippen LogP contribution in [0.15, 0.2) is 65.6 Å². The molecule has 2 N–H and O–H groups in total. The second kappa shape index (κ2) is 8.54. The van der Waals surface area contributed by atoms with Crippen LogP contribution in [-0.4, -0.2) is 21.4 Å². The van der Waals surface area contributed by atoms with Crippen molar-refractivity contribution in [3.63, 3.8) is 0 Å². The molecule has 0 saturated carbocycles. The van der Waals surface area contributed by atoms with Gasteiger partial charge in [-0.1, -0.05) is 17.2 Å². The van der Waals surface area contributed by atoms with Gasteiger partial charge in [-0.25, -0.2) is 12.8 Å². The molecule has 0 aliphatic heterocycles. The lowest BCUT2D eigenvalue weighted by Gasteiger charge is -2.14. The molecule has 156 valence electrons. The number of anilines is 2. The van der Waals surface area contributed by atoms with E-state index in [2.05, 4.69) is 10.0 Å². The smallest absolute Gasteiger partial charge is 0.262 e. The molecule has 0 aromatic heterocycles. The zero-order valence-electron chi connectivity index (χ0n) is 16.7. The molecular weight excluding hydrogens is 407 g/mol.